The van der Waals surface area contributed by atoms with Gasteiger partial charge in [-0.25, -0.2) is 0 Å². The normalized spacial score (nSPS) is 19.2. The van der Waals surface area contributed by atoms with Crippen LogP contribution < -0.4 is 11.1 Å². The van der Waals surface area contributed by atoms with Crippen LogP contribution in [0.4, 0.5) is 5.00 Å². The Balaban J connectivity index is 1.91. The molecule has 0 saturated heterocycles. The highest BCUT2D eigenvalue weighted by molar-refractivity contribution is 7.15. The average Bonchev–Trinajstić information content (AvgIpc) is 3.07. The number of nitrogens with one attached hydrogen (secondary N) is 1. The molecule has 0 aliphatic heterocycles. The molecular formula is C21H24N2O4S. The van der Waals surface area contributed by atoms with E-state index in [1.165, 1.54) is 11.3 Å². The average molecular weight is 401 g/mol. The summed E-state index contributed by atoms with van der Waals surface area (Å²) in [4.78, 5) is 36.4. The number of primary amides is 1. The second-order valence-electron chi connectivity index (χ2n) is 7.34. The maximum absolute atomic E-state index is 12.8. The number of rotatable bonds is 5. The Morgan fingerprint density at radius 2 is 1.79 bits per heavy atom. The lowest BCUT2D eigenvalue weighted by molar-refractivity contribution is -0.147. The fourth-order valence-corrected chi connectivity index (χ4v) is 4.74. The van der Waals surface area contributed by atoms with Gasteiger partial charge in [0.2, 0.25) is 5.91 Å². The number of hydrogen-bond acceptors (Lipinski definition) is 4. The molecule has 7 heteroatoms. The molecule has 0 bridgehead atoms. The van der Waals surface area contributed by atoms with Gasteiger partial charge in [0.15, 0.2) is 0 Å². The van der Waals surface area contributed by atoms with Gasteiger partial charge in [-0.1, -0.05) is 31.0 Å². The summed E-state index contributed by atoms with van der Waals surface area (Å²) >= 11 is 1.23. The Kier molecular flexibility index (Phi) is 5.84. The van der Waals surface area contributed by atoms with Crippen molar-refractivity contribution >= 4 is 34.1 Å². The molecule has 148 valence electrons. The van der Waals surface area contributed by atoms with Gasteiger partial charge < -0.3 is 16.2 Å². The first kappa shape index (κ1) is 20.1. The predicted octanol–water partition coefficient (Wildman–Crippen LogP) is 3.96. The number of nitrogens with two attached hydrogens (primary N) is 1. The summed E-state index contributed by atoms with van der Waals surface area (Å²) in [5.41, 5.74) is 9.65. The van der Waals surface area contributed by atoms with Gasteiger partial charge in [-0.05, 0) is 43.4 Å². The molecule has 1 saturated carbocycles. The second-order valence-corrected chi connectivity index (χ2v) is 8.22. The third kappa shape index (κ3) is 3.94. The first-order valence-electron chi connectivity index (χ1n) is 9.32. The minimum absolute atomic E-state index is 0.268. The first-order chi connectivity index (χ1) is 13.3. The molecule has 0 radical (unpaired) electrons. The van der Waals surface area contributed by atoms with Crippen molar-refractivity contribution in [2.75, 3.05) is 5.32 Å². The van der Waals surface area contributed by atoms with Crippen molar-refractivity contribution in [3.8, 4) is 11.1 Å². The Labute approximate surface area is 167 Å². The second kappa shape index (κ2) is 8.14. The van der Waals surface area contributed by atoms with Crippen LogP contribution in [0.3, 0.4) is 0 Å². The van der Waals surface area contributed by atoms with Gasteiger partial charge in [0.05, 0.1) is 17.4 Å². The molecule has 6 nitrogen and oxygen atoms in total. The molecular weight excluding hydrogens is 376 g/mol. The number of hydrogen-bond donors (Lipinski definition) is 3. The SMILES string of the molecule is Cc1ccc(-c2csc(NC(=O)[C@@H]3CCCC[C@@H]3C(=O)O)c2C(N)=O)cc1C. The van der Waals surface area contributed by atoms with Gasteiger partial charge >= 0.3 is 5.97 Å². The molecule has 1 aliphatic rings. The number of thiophene rings is 1. The summed E-state index contributed by atoms with van der Waals surface area (Å²) in [6.45, 7) is 4.00. The zero-order valence-corrected chi connectivity index (χ0v) is 16.8. The van der Waals surface area contributed by atoms with Crippen molar-refractivity contribution in [2.45, 2.75) is 39.5 Å². The van der Waals surface area contributed by atoms with E-state index in [1.54, 1.807) is 5.38 Å². The van der Waals surface area contributed by atoms with Gasteiger partial charge in [0.25, 0.3) is 5.91 Å². The van der Waals surface area contributed by atoms with E-state index in [4.69, 9.17) is 5.73 Å². The third-order valence-corrected chi connectivity index (χ3v) is 6.41. The summed E-state index contributed by atoms with van der Waals surface area (Å²) in [6.07, 6.45) is 2.66. The molecule has 1 fully saturated rings. The quantitative estimate of drug-likeness (QED) is 0.705. The number of benzene rings is 1. The number of aliphatic carboxylic acids is 1. The van der Waals surface area contributed by atoms with E-state index in [-0.39, 0.29) is 11.5 Å². The summed E-state index contributed by atoms with van der Waals surface area (Å²) in [7, 11) is 0. The lowest BCUT2D eigenvalue weighted by atomic mass is 9.78. The van der Waals surface area contributed by atoms with E-state index in [0.29, 0.717) is 23.4 Å². The molecule has 2 amide bonds. The summed E-state index contributed by atoms with van der Waals surface area (Å²) in [5.74, 6) is -3.22. The minimum atomic E-state index is -0.947. The molecule has 2 aromatic rings. The van der Waals surface area contributed by atoms with Crippen LogP contribution in [0, 0.1) is 25.7 Å². The van der Waals surface area contributed by atoms with Crippen LogP contribution in [0.1, 0.15) is 47.2 Å². The Hall–Kier alpha value is -2.67. The third-order valence-electron chi connectivity index (χ3n) is 5.51. The Morgan fingerprint density at radius 1 is 1.11 bits per heavy atom. The van der Waals surface area contributed by atoms with Crippen molar-refractivity contribution in [2.24, 2.45) is 17.6 Å². The molecule has 28 heavy (non-hydrogen) atoms. The smallest absolute Gasteiger partial charge is 0.307 e. The van der Waals surface area contributed by atoms with Gasteiger partial charge in [-0.2, -0.15) is 0 Å². The Bertz CT molecular complexity index is 934. The van der Waals surface area contributed by atoms with E-state index in [2.05, 4.69) is 5.32 Å². The van der Waals surface area contributed by atoms with E-state index in [0.717, 1.165) is 29.5 Å². The molecule has 0 spiro atoms. The molecule has 3 rings (SSSR count). The minimum Gasteiger partial charge on any atom is -0.481 e. The molecule has 0 unspecified atom stereocenters. The number of carbonyl (C=O) groups is 3. The molecule has 1 aromatic carbocycles. The lowest BCUT2D eigenvalue weighted by Crippen LogP contribution is -2.36. The van der Waals surface area contributed by atoms with Gasteiger partial charge in [-0.15, -0.1) is 11.3 Å². The number of anilines is 1. The summed E-state index contributed by atoms with van der Waals surface area (Å²) < 4.78 is 0. The standard InChI is InChI=1S/C21H24N2O4S/c1-11-7-8-13(9-12(11)2)16-10-28-20(17(16)18(22)24)23-19(25)14-5-3-4-6-15(14)21(26)27/h7-10,14-15H,3-6H2,1-2H3,(H2,22,24)(H,23,25)(H,26,27)/t14-,15+/m1/s1. The fourth-order valence-electron chi connectivity index (χ4n) is 3.76. The van der Waals surface area contributed by atoms with Crippen LogP contribution >= 0.6 is 11.3 Å². The number of aryl methyl sites for hydroxylation is 2. The number of carboxylic acid groups (broad SMARTS) is 1. The topological polar surface area (TPSA) is 109 Å². The van der Waals surface area contributed by atoms with Crippen molar-refractivity contribution in [3.63, 3.8) is 0 Å². The van der Waals surface area contributed by atoms with Crippen molar-refractivity contribution < 1.29 is 19.5 Å². The highest BCUT2D eigenvalue weighted by Gasteiger charge is 2.36. The highest BCUT2D eigenvalue weighted by atomic mass is 32.1. The Morgan fingerprint density at radius 3 is 2.39 bits per heavy atom. The largest absolute Gasteiger partial charge is 0.481 e. The molecule has 1 aromatic heterocycles. The lowest BCUT2D eigenvalue weighted by Gasteiger charge is -2.27. The maximum atomic E-state index is 12.8. The monoisotopic (exact) mass is 400 g/mol. The number of carbonyl (C=O) groups excluding carboxylic acids is 2. The predicted molar refractivity (Wildman–Crippen MR) is 109 cm³/mol. The zero-order valence-electron chi connectivity index (χ0n) is 16.0. The van der Waals surface area contributed by atoms with Crippen LogP contribution in [0.5, 0.6) is 0 Å². The molecule has 2 atom stereocenters. The summed E-state index contributed by atoms with van der Waals surface area (Å²) in [5, 5.41) is 14.4. The van der Waals surface area contributed by atoms with E-state index < -0.39 is 23.7 Å². The van der Waals surface area contributed by atoms with Gasteiger partial charge in [0.1, 0.15) is 5.00 Å². The molecule has 4 N–H and O–H groups in total. The van der Waals surface area contributed by atoms with Gasteiger partial charge in [-0.3, -0.25) is 14.4 Å². The van der Waals surface area contributed by atoms with Crippen LogP contribution in [-0.4, -0.2) is 22.9 Å². The zero-order chi connectivity index (χ0) is 20.4. The number of amides is 2. The maximum Gasteiger partial charge on any atom is 0.307 e. The van der Waals surface area contributed by atoms with Crippen molar-refractivity contribution in [3.05, 3.63) is 40.3 Å². The van der Waals surface area contributed by atoms with Crippen LogP contribution in [-0.2, 0) is 9.59 Å². The van der Waals surface area contributed by atoms with E-state index >= 15 is 0 Å². The van der Waals surface area contributed by atoms with Crippen molar-refractivity contribution in [1.29, 1.82) is 0 Å². The summed E-state index contributed by atoms with van der Waals surface area (Å²) in [6, 6.07) is 5.88. The van der Waals surface area contributed by atoms with E-state index in [1.807, 2.05) is 32.0 Å². The first-order valence-corrected chi connectivity index (χ1v) is 10.2. The fraction of sp³-hybridized carbons (Fsp3) is 0.381. The van der Waals surface area contributed by atoms with Crippen LogP contribution in [0.2, 0.25) is 0 Å². The van der Waals surface area contributed by atoms with Crippen molar-refractivity contribution in [1.82, 2.24) is 0 Å². The highest BCUT2D eigenvalue weighted by Crippen LogP contribution is 2.37. The van der Waals surface area contributed by atoms with E-state index in [9.17, 15) is 19.5 Å². The van der Waals surface area contributed by atoms with Crippen LogP contribution in [0.15, 0.2) is 23.6 Å². The molecule has 1 aliphatic carbocycles. The van der Waals surface area contributed by atoms with Gasteiger partial charge in [0, 0.05) is 10.9 Å². The van der Waals surface area contributed by atoms with Crippen LogP contribution in [0.25, 0.3) is 11.1 Å². The molecule has 1 heterocycles. The number of carboxylic acids is 1.